The quantitative estimate of drug-likeness (QED) is 0.418. The standard InChI is InChI=1S/C27H24N4O2/c1-16-23(26(32)28-17(2)19-9-5-4-6-10-19)30-31-18(3)24(29-27(33)25(16)31)22-14-13-20-11-7-8-12-21(20)15-22/h4-15,17H,1-3H3,(H,28,32)(H,29,33)/t17-/m0/s1. The maximum atomic E-state index is 13.0. The van der Waals surface area contributed by atoms with Crippen LogP contribution >= 0.6 is 0 Å². The van der Waals surface area contributed by atoms with Crippen molar-refractivity contribution in [3.8, 4) is 11.3 Å². The predicted molar refractivity (Wildman–Crippen MR) is 131 cm³/mol. The summed E-state index contributed by atoms with van der Waals surface area (Å²) >= 11 is 0. The number of amides is 1. The lowest BCUT2D eigenvalue weighted by atomic mass is 10.0. The minimum absolute atomic E-state index is 0.185. The van der Waals surface area contributed by atoms with Crippen LogP contribution in [-0.2, 0) is 0 Å². The first-order valence-electron chi connectivity index (χ1n) is 10.9. The lowest BCUT2D eigenvalue weighted by Crippen LogP contribution is -2.27. The largest absolute Gasteiger partial charge is 0.344 e. The summed E-state index contributed by atoms with van der Waals surface area (Å²) in [5.74, 6) is -0.307. The summed E-state index contributed by atoms with van der Waals surface area (Å²) in [6, 6.07) is 23.7. The first kappa shape index (κ1) is 20.7. The molecule has 2 heterocycles. The van der Waals surface area contributed by atoms with E-state index in [1.807, 2.05) is 80.6 Å². The van der Waals surface area contributed by atoms with Crippen molar-refractivity contribution in [1.29, 1.82) is 0 Å². The summed E-state index contributed by atoms with van der Waals surface area (Å²) in [7, 11) is 0. The number of hydrogen-bond acceptors (Lipinski definition) is 3. The molecule has 1 amide bonds. The molecule has 33 heavy (non-hydrogen) atoms. The van der Waals surface area contributed by atoms with Crippen LogP contribution in [0, 0.1) is 13.8 Å². The second kappa shape index (κ2) is 8.06. The van der Waals surface area contributed by atoms with Gasteiger partial charge in [0.2, 0.25) is 0 Å². The molecule has 0 aliphatic heterocycles. The highest BCUT2D eigenvalue weighted by atomic mass is 16.2. The van der Waals surface area contributed by atoms with E-state index in [9.17, 15) is 9.59 Å². The Balaban J connectivity index is 1.57. The zero-order valence-corrected chi connectivity index (χ0v) is 18.7. The van der Waals surface area contributed by atoms with Gasteiger partial charge in [-0.25, -0.2) is 4.52 Å². The number of nitrogens with zero attached hydrogens (tertiary/aromatic N) is 2. The molecule has 0 bridgehead atoms. The number of H-pyrrole nitrogens is 1. The highest BCUT2D eigenvalue weighted by molar-refractivity contribution is 5.96. The number of benzene rings is 3. The summed E-state index contributed by atoms with van der Waals surface area (Å²) in [6.07, 6.45) is 0. The molecule has 0 saturated heterocycles. The predicted octanol–water partition coefficient (Wildman–Crippen LogP) is 4.95. The molecule has 0 aliphatic carbocycles. The molecule has 0 fully saturated rings. The summed E-state index contributed by atoms with van der Waals surface area (Å²) in [5, 5.41) is 9.76. The van der Waals surface area contributed by atoms with Gasteiger partial charge in [-0.15, -0.1) is 0 Å². The second-order valence-electron chi connectivity index (χ2n) is 8.32. The number of aromatic amines is 1. The summed E-state index contributed by atoms with van der Waals surface area (Å²) in [5.41, 5.74) is 4.26. The first-order valence-corrected chi connectivity index (χ1v) is 10.9. The lowest BCUT2D eigenvalue weighted by Gasteiger charge is -2.13. The molecular formula is C27H24N4O2. The second-order valence-corrected chi connectivity index (χ2v) is 8.32. The van der Waals surface area contributed by atoms with Crippen molar-refractivity contribution in [2.45, 2.75) is 26.8 Å². The number of aryl methyl sites for hydroxylation is 2. The molecule has 0 radical (unpaired) electrons. The van der Waals surface area contributed by atoms with Crippen molar-refractivity contribution in [3.63, 3.8) is 0 Å². The van der Waals surface area contributed by atoms with Crippen LogP contribution in [0.25, 0.3) is 27.5 Å². The molecule has 2 N–H and O–H groups in total. The van der Waals surface area contributed by atoms with Gasteiger partial charge < -0.3 is 10.3 Å². The Morgan fingerprint density at radius 2 is 1.67 bits per heavy atom. The smallest absolute Gasteiger partial charge is 0.274 e. The van der Waals surface area contributed by atoms with Crippen molar-refractivity contribution in [2.75, 3.05) is 0 Å². The van der Waals surface area contributed by atoms with Gasteiger partial charge in [-0.1, -0.05) is 66.7 Å². The van der Waals surface area contributed by atoms with Gasteiger partial charge >= 0.3 is 0 Å². The number of hydrogen-bond donors (Lipinski definition) is 2. The molecule has 3 aromatic carbocycles. The van der Waals surface area contributed by atoms with E-state index in [0.717, 1.165) is 27.6 Å². The van der Waals surface area contributed by atoms with Crippen LogP contribution in [0.4, 0.5) is 0 Å². The highest BCUT2D eigenvalue weighted by Gasteiger charge is 2.22. The van der Waals surface area contributed by atoms with Crippen LogP contribution in [0.1, 0.15) is 40.3 Å². The van der Waals surface area contributed by atoms with Crippen molar-refractivity contribution in [1.82, 2.24) is 19.9 Å². The molecule has 5 aromatic rings. The van der Waals surface area contributed by atoms with Gasteiger partial charge in [0, 0.05) is 11.1 Å². The molecule has 1 atom stereocenters. The van der Waals surface area contributed by atoms with E-state index in [-0.39, 0.29) is 23.2 Å². The molecule has 5 rings (SSSR count). The number of carbonyl (C=O) groups excluding carboxylic acids is 1. The summed E-state index contributed by atoms with van der Waals surface area (Å²) in [4.78, 5) is 29.1. The van der Waals surface area contributed by atoms with E-state index in [0.29, 0.717) is 16.8 Å². The van der Waals surface area contributed by atoms with E-state index in [4.69, 9.17) is 0 Å². The Morgan fingerprint density at radius 1 is 0.970 bits per heavy atom. The maximum absolute atomic E-state index is 13.0. The van der Waals surface area contributed by atoms with Crippen molar-refractivity contribution in [3.05, 3.63) is 106 Å². The number of rotatable bonds is 4. The molecule has 0 spiro atoms. The Bertz CT molecular complexity index is 1560. The van der Waals surface area contributed by atoms with Gasteiger partial charge in [0.15, 0.2) is 5.69 Å². The van der Waals surface area contributed by atoms with Crippen LogP contribution in [0.2, 0.25) is 0 Å². The third kappa shape index (κ3) is 3.59. The average molecular weight is 437 g/mol. The highest BCUT2D eigenvalue weighted by Crippen LogP contribution is 2.26. The number of nitrogens with one attached hydrogen (secondary N) is 2. The van der Waals surface area contributed by atoms with Gasteiger partial charge in [0.25, 0.3) is 11.5 Å². The number of aromatic nitrogens is 3. The van der Waals surface area contributed by atoms with E-state index < -0.39 is 0 Å². The molecular weight excluding hydrogens is 412 g/mol. The maximum Gasteiger partial charge on any atom is 0.274 e. The van der Waals surface area contributed by atoms with Gasteiger partial charge in [-0.05, 0) is 43.2 Å². The van der Waals surface area contributed by atoms with Crippen LogP contribution in [0.5, 0.6) is 0 Å². The van der Waals surface area contributed by atoms with Gasteiger partial charge in [0.05, 0.1) is 17.4 Å². The topological polar surface area (TPSA) is 79.3 Å². The number of fused-ring (bicyclic) bond motifs is 2. The molecule has 6 nitrogen and oxygen atoms in total. The average Bonchev–Trinajstić information content (AvgIpc) is 3.19. The minimum Gasteiger partial charge on any atom is -0.344 e. The Hall–Kier alpha value is -4.19. The van der Waals surface area contributed by atoms with Crippen LogP contribution < -0.4 is 10.9 Å². The van der Waals surface area contributed by atoms with E-state index in [2.05, 4.69) is 21.5 Å². The SMILES string of the molecule is Cc1c(C(=O)N[C@@H](C)c2ccccc2)nn2c(C)c(-c3ccc4ccccc4c3)[nH]c(=O)c12. The summed E-state index contributed by atoms with van der Waals surface area (Å²) < 4.78 is 1.58. The normalized spacial score (nSPS) is 12.2. The third-order valence-electron chi connectivity index (χ3n) is 6.16. The Kier molecular flexibility index (Phi) is 5.05. The molecule has 164 valence electrons. The number of carbonyl (C=O) groups is 1. The van der Waals surface area contributed by atoms with Crippen molar-refractivity contribution in [2.24, 2.45) is 0 Å². The molecule has 0 unspecified atom stereocenters. The van der Waals surface area contributed by atoms with Crippen LogP contribution in [0.15, 0.2) is 77.6 Å². The first-order chi connectivity index (χ1) is 15.9. The van der Waals surface area contributed by atoms with E-state index in [1.54, 1.807) is 11.4 Å². The fourth-order valence-corrected chi connectivity index (χ4v) is 4.31. The molecule has 0 aliphatic rings. The third-order valence-corrected chi connectivity index (χ3v) is 6.16. The molecule has 2 aromatic heterocycles. The van der Waals surface area contributed by atoms with Crippen LogP contribution in [-0.4, -0.2) is 20.5 Å². The zero-order valence-electron chi connectivity index (χ0n) is 18.7. The zero-order chi connectivity index (χ0) is 23.1. The fourth-order valence-electron chi connectivity index (χ4n) is 4.31. The van der Waals surface area contributed by atoms with Gasteiger partial charge in [-0.2, -0.15) is 5.10 Å². The van der Waals surface area contributed by atoms with Crippen LogP contribution in [0.3, 0.4) is 0 Å². The Labute approximate surface area is 190 Å². The molecule has 6 heteroatoms. The minimum atomic E-state index is -0.307. The van der Waals surface area contributed by atoms with Gasteiger partial charge in [0.1, 0.15) is 5.52 Å². The van der Waals surface area contributed by atoms with Gasteiger partial charge in [-0.3, -0.25) is 9.59 Å². The van der Waals surface area contributed by atoms with E-state index in [1.165, 1.54) is 0 Å². The van der Waals surface area contributed by atoms with Crippen molar-refractivity contribution < 1.29 is 4.79 Å². The lowest BCUT2D eigenvalue weighted by molar-refractivity contribution is 0.0934. The summed E-state index contributed by atoms with van der Waals surface area (Å²) in [6.45, 7) is 5.58. The fraction of sp³-hybridized carbons (Fsp3) is 0.148. The van der Waals surface area contributed by atoms with E-state index >= 15 is 0 Å². The van der Waals surface area contributed by atoms with Crippen molar-refractivity contribution >= 4 is 22.2 Å². The molecule has 0 saturated carbocycles. The Morgan fingerprint density at radius 3 is 2.42 bits per heavy atom. The monoisotopic (exact) mass is 436 g/mol.